The molecule has 0 aliphatic heterocycles. The van der Waals surface area contributed by atoms with Gasteiger partial charge in [0.25, 0.3) is 0 Å². The first-order valence-corrected chi connectivity index (χ1v) is 8.46. The van der Waals surface area contributed by atoms with E-state index in [9.17, 15) is 4.79 Å². The molecule has 0 amide bonds. The van der Waals surface area contributed by atoms with Crippen LogP contribution in [0.25, 0.3) is 0 Å². The minimum absolute atomic E-state index is 0.173. The number of carbonyl (C=O) groups excluding carboxylic acids is 1. The highest BCUT2D eigenvalue weighted by atomic mass is 35.5. The molecule has 0 atom stereocenters. The van der Waals surface area contributed by atoms with Gasteiger partial charge in [-0.05, 0) is 31.6 Å². The van der Waals surface area contributed by atoms with Crippen molar-refractivity contribution in [3.8, 4) is 0 Å². The predicted octanol–water partition coefficient (Wildman–Crippen LogP) is 3.79. The fourth-order valence-corrected chi connectivity index (χ4v) is 3.20. The number of aromatic nitrogens is 2. The summed E-state index contributed by atoms with van der Waals surface area (Å²) in [5.41, 5.74) is 0.173. The lowest BCUT2D eigenvalue weighted by atomic mass is 9.89. The minimum Gasteiger partial charge on any atom is -0.464 e. The van der Waals surface area contributed by atoms with Crippen LogP contribution < -0.4 is 5.32 Å². The number of ether oxygens (including phenoxy) is 1. The fourth-order valence-electron chi connectivity index (χ4n) is 2.97. The number of halogens is 1. The Bertz CT molecular complexity index is 555. The van der Waals surface area contributed by atoms with Crippen molar-refractivity contribution in [1.29, 1.82) is 0 Å². The zero-order valence-electron chi connectivity index (χ0n) is 12.9. The predicted molar refractivity (Wildman–Crippen MR) is 85.4 cm³/mol. The monoisotopic (exact) mass is 323 g/mol. The van der Waals surface area contributed by atoms with Crippen LogP contribution in [-0.2, 0) is 4.74 Å². The molecule has 1 aromatic heterocycles. The lowest BCUT2D eigenvalue weighted by Gasteiger charge is -2.22. The molecule has 5 nitrogen and oxygen atoms in total. The number of esters is 1. The highest BCUT2D eigenvalue weighted by molar-refractivity contribution is 6.35. The normalized spacial score (nSPS) is 19.0. The SMILES string of the molecule is COC(=O)c1nc(C2CC2)nc(NCC2CCCCC2)c1Cl. The summed E-state index contributed by atoms with van der Waals surface area (Å²) in [6.07, 6.45) is 8.57. The number of hydrogen-bond donors (Lipinski definition) is 1. The van der Waals surface area contributed by atoms with Crippen LogP contribution in [0, 0.1) is 5.92 Å². The maximum atomic E-state index is 11.9. The topological polar surface area (TPSA) is 64.1 Å². The first kappa shape index (κ1) is 15.5. The van der Waals surface area contributed by atoms with Crippen molar-refractivity contribution < 1.29 is 9.53 Å². The van der Waals surface area contributed by atoms with Gasteiger partial charge in [0.05, 0.1) is 7.11 Å². The first-order chi connectivity index (χ1) is 10.7. The summed E-state index contributed by atoms with van der Waals surface area (Å²) in [6.45, 7) is 0.849. The van der Waals surface area contributed by atoms with Gasteiger partial charge >= 0.3 is 5.97 Å². The first-order valence-electron chi connectivity index (χ1n) is 8.08. The molecule has 0 saturated heterocycles. The smallest absolute Gasteiger partial charge is 0.358 e. The second-order valence-corrected chi connectivity index (χ2v) is 6.62. The molecule has 1 heterocycles. The molecule has 0 unspecified atom stereocenters. The molecule has 0 aromatic carbocycles. The summed E-state index contributed by atoms with van der Waals surface area (Å²) >= 11 is 6.31. The van der Waals surface area contributed by atoms with E-state index < -0.39 is 5.97 Å². The van der Waals surface area contributed by atoms with Gasteiger partial charge in [-0.3, -0.25) is 0 Å². The Kier molecular flexibility index (Phi) is 4.81. The van der Waals surface area contributed by atoms with Crippen LogP contribution in [0.3, 0.4) is 0 Å². The van der Waals surface area contributed by atoms with Crippen molar-refractivity contribution in [2.24, 2.45) is 5.92 Å². The molecule has 6 heteroatoms. The third-order valence-electron chi connectivity index (χ3n) is 4.47. The quantitative estimate of drug-likeness (QED) is 0.835. The maximum absolute atomic E-state index is 11.9. The second-order valence-electron chi connectivity index (χ2n) is 6.24. The fraction of sp³-hybridized carbons (Fsp3) is 0.688. The largest absolute Gasteiger partial charge is 0.464 e. The van der Waals surface area contributed by atoms with E-state index >= 15 is 0 Å². The van der Waals surface area contributed by atoms with Gasteiger partial charge in [0.2, 0.25) is 0 Å². The summed E-state index contributed by atoms with van der Waals surface area (Å²) in [4.78, 5) is 20.7. The van der Waals surface area contributed by atoms with Gasteiger partial charge in [0.15, 0.2) is 5.69 Å². The summed E-state index contributed by atoms with van der Waals surface area (Å²) in [5.74, 6) is 1.79. The zero-order valence-corrected chi connectivity index (χ0v) is 13.7. The summed E-state index contributed by atoms with van der Waals surface area (Å²) < 4.78 is 4.78. The van der Waals surface area contributed by atoms with Crippen molar-refractivity contribution in [2.75, 3.05) is 19.0 Å². The van der Waals surface area contributed by atoms with Gasteiger partial charge in [-0.2, -0.15) is 0 Å². The van der Waals surface area contributed by atoms with Gasteiger partial charge in [0.1, 0.15) is 16.7 Å². The molecule has 2 aliphatic carbocycles. The van der Waals surface area contributed by atoms with E-state index in [1.165, 1.54) is 39.2 Å². The number of carbonyl (C=O) groups is 1. The van der Waals surface area contributed by atoms with E-state index in [4.69, 9.17) is 16.3 Å². The van der Waals surface area contributed by atoms with Crippen molar-refractivity contribution in [2.45, 2.75) is 50.9 Å². The maximum Gasteiger partial charge on any atom is 0.358 e. The molecular weight excluding hydrogens is 302 g/mol. The van der Waals surface area contributed by atoms with E-state index in [0.29, 0.717) is 23.5 Å². The van der Waals surface area contributed by atoms with Gasteiger partial charge < -0.3 is 10.1 Å². The lowest BCUT2D eigenvalue weighted by Crippen LogP contribution is -2.19. The highest BCUT2D eigenvalue weighted by Crippen LogP contribution is 2.39. The third-order valence-corrected chi connectivity index (χ3v) is 4.83. The molecule has 3 rings (SSSR count). The second kappa shape index (κ2) is 6.82. The summed E-state index contributed by atoms with van der Waals surface area (Å²) in [7, 11) is 1.34. The number of rotatable bonds is 5. The molecule has 2 fully saturated rings. The number of nitrogens with one attached hydrogen (secondary N) is 1. The Labute approximate surface area is 135 Å². The van der Waals surface area contributed by atoms with Crippen LogP contribution >= 0.6 is 11.6 Å². The van der Waals surface area contributed by atoms with E-state index in [2.05, 4.69) is 15.3 Å². The summed E-state index contributed by atoms with van der Waals surface area (Å²) in [5, 5.41) is 3.60. The third kappa shape index (κ3) is 3.51. The molecule has 2 saturated carbocycles. The Morgan fingerprint density at radius 3 is 2.59 bits per heavy atom. The van der Waals surface area contributed by atoms with Gasteiger partial charge in [0, 0.05) is 12.5 Å². The molecule has 2 aliphatic rings. The number of hydrogen-bond acceptors (Lipinski definition) is 5. The van der Waals surface area contributed by atoms with Crippen LogP contribution in [0.2, 0.25) is 5.02 Å². The average Bonchev–Trinajstić information content (AvgIpc) is 3.39. The molecule has 0 bridgehead atoms. The highest BCUT2D eigenvalue weighted by Gasteiger charge is 2.30. The molecule has 0 spiro atoms. The Morgan fingerprint density at radius 1 is 1.23 bits per heavy atom. The number of anilines is 1. The van der Waals surface area contributed by atoms with Gasteiger partial charge in [-0.1, -0.05) is 30.9 Å². The number of nitrogens with zero attached hydrogens (tertiary/aromatic N) is 2. The van der Waals surface area contributed by atoms with E-state index in [1.807, 2.05) is 0 Å². The van der Waals surface area contributed by atoms with E-state index in [0.717, 1.165) is 19.4 Å². The zero-order chi connectivity index (χ0) is 15.5. The van der Waals surface area contributed by atoms with Crippen molar-refractivity contribution in [3.05, 3.63) is 16.5 Å². The lowest BCUT2D eigenvalue weighted by molar-refractivity contribution is 0.0593. The molecule has 1 aromatic rings. The van der Waals surface area contributed by atoms with E-state index in [1.54, 1.807) is 0 Å². The van der Waals surface area contributed by atoms with Crippen molar-refractivity contribution in [1.82, 2.24) is 9.97 Å². The van der Waals surface area contributed by atoms with Crippen LogP contribution in [0.1, 0.15) is 67.2 Å². The molecule has 22 heavy (non-hydrogen) atoms. The Morgan fingerprint density at radius 2 is 1.95 bits per heavy atom. The average molecular weight is 324 g/mol. The van der Waals surface area contributed by atoms with E-state index in [-0.39, 0.29) is 10.7 Å². The molecular formula is C16H22ClN3O2. The van der Waals surface area contributed by atoms with Crippen molar-refractivity contribution in [3.63, 3.8) is 0 Å². The van der Waals surface area contributed by atoms with Crippen molar-refractivity contribution >= 4 is 23.4 Å². The van der Waals surface area contributed by atoms with Crippen LogP contribution in [0.15, 0.2) is 0 Å². The molecule has 1 N–H and O–H groups in total. The summed E-state index contributed by atoms with van der Waals surface area (Å²) in [6, 6.07) is 0. The van der Waals surface area contributed by atoms with Crippen LogP contribution in [0.5, 0.6) is 0 Å². The minimum atomic E-state index is -0.505. The van der Waals surface area contributed by atoms with Gasteiger partial charge in [-0.25, -0.2) is 14.8 Å². The molecule has 0 radical (unpaired) electrons. The van der Waals surface area contributed by atoms with Crippen LogP contribution in [-0.4, -0.2) is 29.6 Å². The standard InChI is InChI=1S/C16H22ClN3O2/c1-22-16(21)13-12(17)15(20-14(19-13)11-7-8-11)18-9-10-5-3-2-4-6-10/h10-11H,2-9H2,1H3,(H,18,19,20). The number of methoxy groups -OCH3 is 1. The Hall–Kier alpha value is -1.36. The Balaban J connectivity index is 1.78. The van der Waals surface area contributed by atoms with Crippen LogP contribution in [0.4, 0.5) is 5.82 Å². The molecule has 120 valence electrons. The van der Waals surface area contributed by atoms with Gasteiger partial charge in [-0.15, -0.1) is 0 Å².